The second-order valence-electron chi connectivity index (χ2n) is 8.77. The van der Waals surface area contributed by atoms with E-state index in [2.05, 4.69) is 0 Å². The van der Waals surface area contributed by atoms with Crippen molar-refractivity contribution in [3.05, 3.63) is 70.8 Å². The highest BCUT2D eigenvalue weighted by atomic mass is 16.4. The molecule has 0 aromatic heterocycles. The zero-order valence-corrected chi connectivity index (χ0v) is 18.4. The van der Waals surface area contributed by atoms with Gasteiger partial charge < -0.3 is 20.4 Å². The Balaban J connectivity index is 2.00. The van der Waals surface area contributed by atoms with Gasteiger partial charge in [0.15, 0.2) is 0 Å². The van der Waals surface area contributed by atoms with Gasteiger partial charge in [0, 0.05) is 0 Å². The predicted molar refractivity (Wildman–Crippen MR) is 117 cm³/mol. The molecule has 0 radical (unpaired) electrons. The summed E-state index contributed by atoms with van der Waals surface area (Å²) in [5.74, 6) is -8.84. The zero-order valence-electron chi connectivity index (χ0n) is 18.4. The van der Waals surface area contributed by atoms with Gasteiger partial charge in [0.05, 0.1) is 12.1 Å². The van der Waals surface area contributed by atoms with Gasteiger partial charge in [0.1, 0.15) is 23.9 Å². The molecule has 2 heterocycles. The molecule has 0 amide bonds. The Morgan fingerprint density at radius 3 is 1.09 bits per heavy atom. The van der Waals surface area contributed by atoms with Crippen LogP contribution < -0.4 is 0 Å². The Morgan fingerprint density at radius 1 is 0.559 bits per heavy atom. The smallest absolute Gasteiger partial charge is 0.323 e. The van der Waals surface area contributed by atoms with Crippen LogP contribution in [-0.4, -0.2) is 66.4 Å². The van der Waals surface area contributed by atoms with Crippen LogP contribution in [0.2, 0.25) is 0 Å². The van der Waals surface area contributed by atoms with Gasteiger partial charge >= 0.3 is 23.9 Å². The third-order valence-corrected chi connectivity index (χ3v) is 6.68. The van der Waals surface area contributed by atoms with Gasteiger partial charge in [-0.15, -0.1) is 0 Å². The molecule has 178 valence electrons. The zero-order chi connectivity index (χ0) is 24.9. The monoisotopic (exact) mass is 468 g/mol. The van der Waals surface area contributed by atoms with Gasteiger partial charge in [-0.25, -0.2) is 10.0 Å². The first-order valence-corrected chi connectivity index (χ1v) is 10.7. The number of carboxylic acid groups (broad SMARTS) is 4. The molecule has 2 aliphatic heterocycles. The van der Waals surface area contributed by atoms with Crippen LogP contribution >= 0.6 is 0 Å². The van der Waals surface area contributed by atoms with Crippen molar-refractivity contribution < 1.29 is 39.6 Å². The van der Waals surface area contributed by atoms with E-state index < -0.39 is 59.9 Å². The average Bonchev–Trinajstić information content (AvgIpc) is 3.28. The van der Waals surface area contributed by atoms with Crippen molar-refractivity contribution in [1.82, 2.24) is 10.0 Å². The molecule has 2 aromatic carbocycles. The molecule has 4 rings (SSSR count). The quantitative estimate of drug-likeness (QED) is 0.494. The molecule has 2 saturated heterocycles. The maximum atomic E-state index is 12.4. The summed E-state index contributed by atoms with van der Waals surface area (Å²) in [6.07, 6.45) is 0. The molecular weight excluding hydrogens is 444 g/mol. The first-order chi connectivity index (χ1) is 16.0. The standard InChI is InChI=1S/C24H24N2O8/c1-11-3-7-13(8-4-11)17-15(21(27)28)19(23(31)32)26-18(14-9-5-12(2)6-10-14)16(22(29)30)20(24(33)34)25(17)26/h3-10,15-20H,1-2H3,(H,27,28)(H,29,30)(H,31,32)(H,33,34)/t15-,16-,17+,18+,19+,20+/m0/s1. The van der Waals surface area contributed by atoms with Crippen molar-refractivity contribution in [1.29, 1.82) is 0 Å². The number of nitrogens with zero attached hydrogens (tertiary/aromatic N) is 2. The lowest BCUT2D eigenvalue weighted by Crippen LogP contribution is -2.46. The van der Waals surface area contributed by atoms with Crippen molar-refractivity contribution in [2.24, 2.45) is 11.8 Å². The van der Waals surface area contributed by atoms with E-state index in [0.29, 0.717) is 11.1 Å². The number of rotatable bonds is 6. The summed E-state index contributed by atoms with van der Waals surface area (Å²) in [5.41, 5.74) is 2.54. The summed E-state index contributed by atoms with van der Waals surface area (Å²) in [6.45, 7) is 3.65. The summed E-state index contributed by atoms with van der Waals surface area (Å²) in [6, 6.07) is 7.57. The molecule has 2 aliphatic rings. The molecule has 10 nitrogen and oxygen atoms in total. The minimum absolute atomic E-state index is 0.395. The van der Waals surface area contributed by atoms with Crippen molar-refractivity contribution in [3.63, 3.8) is 0 Å². The number of hydrogen-bond acceptors (Lipinski definition) is 6. The normalized spacial score (nSPS) is 29.0. The van der Waals surface area contributed by atoms with E-state index in [1.54, 1.807) is 48.5 Å². The highest BCUT2D eigenvalue weighted by molar-refractivity contribution is 5.88. The fourth-order valence-electron chi connectivity index (χ4n) is 5.25. The minimum atomic E-state index is -1.68. The highest BCUT2D eigenvalue weighted by Crippen LogP contribution is 2.55. The van der Waals surface area contributed by atoms with Crippen LogP contribution in [-0.2, 0) is 19.2 Å². The average molecular weight is 468 g/mol. The van der Waals surface area contributed by atoms with E-state index in [0.717, 1.165) is 21.1 Å². The molecule has 34 heavy (non-hydrogen) atoms. The van der Waals surface area contributed by atoms with E-state index in [-0.39, 0.29) is 0 Å². The number of aliphatic carboxylic acids is 4. The second-order valence-corrected chi connectivity index (χ2v) is 8.77. The Kier molecular flexibility index (Phi) is 5.88. The summed E-state index contributed by atoms with van der Waals surface area (Å²) < 4.78 is 0. The molecule has 0 spiro atoms. The lowest BCUT2D eigenvalue weighted by molar-refractivity contribution is -0.156. The lowest BCUT2D eigenvalue weighted by atomic mass is 9.82. The minimum Gasteiger partial charge on any atom is -0.481 e. The predicted octanol–water partition coefficient (Wildman–Crippen LogP) is 1.94. The third kappa shape index (κ3) is 3.61. The fourth-order valence-corrected chi connectivity index (χ4v) is 5.25. The number of hydrogen-bond donors (Lipinski definition) is 4. The van der Waals surface area contributed by atoms with Crippen LogP contribution in [0.4, 0.5) is 0 Å². The summed E-state index contributed by atoms with van der Waals surface area (Å²) >= 11 is 0. The van der Waals surface area contributed by atoms with Gasteiger partial charge in [0.2, 0.25) is 0 Å². The molecule has 0 aliphatic carbocycles. The highest BCUT2D eigenvalue weighted by Gasteiger charge is 2.68. The van der Waals surface area contributed by atoms with Crippen molar-refractivity contribution in [3.8, 4) is 0 Å². The maximum absolute atomic E-state index is 12.4. The van der Waals surface area contributed by atoms with Crippen LogP contribution in [0.3, 0.4) is 0 Å². The molecule has 6 atom stereocenters. The number of carboxylic acids is 4. The summed E-state index contributed by atoms with van der Waals surface area (Å²) in [5, 5.41) is 42.7. The molecule has 2 aromatic rings. The molecule has 4 N–H and O–H groups in total. The van der Waals surface area contributed by atoms with Gasteiger partial charge in [-0.1, -0.05) is 59.7 Å². The summed E-state index contributed by atoms with van der Waals surface area (Å²) in [4.78, 5) is 49.7. The number of fused-ring (bicyclic) bond motifs is 1. The number of benzene rings is 2. The fraction of sp³-hybridized carbons (Fsp3) is 0.333. The van der Waals surface area contributed by atoms with Gasteiger partial charge in [-0.05, 0) is 25.0 Å². The van der Waals surface area contributed by atoms with E-state index in [1.807, 2.05) is 13.8 Å². The molecule has 0 saturated carbocycles. The molecule has 10 heteroatoms. The Labute approximate surface area is 194 Å². The van der Waals surface area contributed by atoms with E-state index in [9.17, 15) is 39.6 Å². The molecule has 2 fully saturated rings. The van der Waals surface area contributed by atoms with Crippen molar-refractivity contribution >= 4 is 23.9 Å². The lowest BCUT2D eigenvalue weighted by Gasteiger charge is -2.32. The number of aryl methyl sites for hydroxylation is 2. The molecule has 0 unspecified atom stereocenters. The number of carbonyl (C=O) groups is 4. The Morgan fingerprint density at radius 2 is 0.853 bits per heavy atom. The van der Waals surface area contributed by atoms with E-state index in [4.69, 9.17) is 0 Å². The maximum Gasteiger partial charge on any atom is 0.323 e. The van der Waals surface area contributed by atoms with Gasteiger partial charge in [0.25, 0.3) is 0 Å². The van der Waals surface area contributed by atoms with Crippen LogP contribution in [0, 0.1) is 25.7 Å². The van der Waals surface area contributed by atoms with Crippen LogP contribution in [0.25, 0.3) is 0 Å². The Hall–Kier alpha value is -3.76. The van der Waals surface area contributed by atoms with Crippen LogP contribution in [0.1, 0.15) is 34.3 Å². The van der Waals surface area contributed by atoms with E-state index >= 15 is 0 Å². The first kappa shape index (κ1) is 23.4. The van der Waals surface area contributed by atoms with Gasteiger partial charge in [-0.3, -0.25) is 19.2 Å². The van der Waals surface area contributed by atoms with Crippen LogP contribution in [0.5, 0.6) is 0 Å². The van der Waals surface area contributed by atoms with Crippen LogP contribution in [0.15, 0.2) is 48.5 Å². The molecule has 0 bridgehead atoms. The summed E-state index contributed by atoms with van der Waals surface area (Å²) in [7, 11) is 0. The largest absolute Gasteiger partial charge is 0.481 e. The van der Waals surface area contributed by atoms with Gasteiger partial charge in [-0.2, -0.15) is 0 Å². The van der Waals surface area contributed by atoms with Crippen molar-refractivity contribution in [2.75, 3.05) is 0 Å². The SMILES string of the molecule is Cc1ccc([C@@H]2[C@H](C(=O)O)[C@H](C(=O)O)N3[C@H](c4ccc(C)cc4)[C@H](C(=O)O)[C@H](C(=O)O)N23)cc1. The number of hydrazine groups is 1. The first-order valence-electron chi connectivity index (χ1n) is 10.7. The topological polar surface area (TPSA) is 156 Å². The molecular formula is C24H24N2O8. The second kappa shape index (κ2) is 8.54. The third-order valence-electron chi connectivity index (χ3n) is 6.68. The van der Waals surface area contributed by atoms with Crippen molar-refractivity contribution in [2.45, 2.75) is 38.0 Å². The Bertz CT molecular complexity index is 1060. The van der Waals surface area contributed by atoms with E-state index in [1.165, 1.54) is 0 Å².